The van der Waals surface area contributed by atoms with Gasteiger partial charge in [0.25, 0.3) is 0 Å². The molecule has 2 atom stereocenters. The number of benzene rings is 1. The van der Waals surface area contributed by atoms with Crippen LogP contribution in [0.25, 0.3) is 0 Å². The predicted octanol–water partition coefficient (Wildman–Crippen LogP) is 3.99. The van der Waals surface area contributed by atoms with E-state index in [9.17, 15) is 5.11 Å². The van der Waals surface area contributed by atoms with Crippen LogP contribution in [0.4, 0.5) is 0 Å². The third-order valence-corrected chi connectivity index (χ3v) is 5.28. The number of aliphatic hydroxyl groups is 1. The van der Waals surface area contributed by atoms with Gasteiger partial charge in [-0.2, -0.15) is 0 Å². The van der Waals surface area contributed by atoms with Gasteiger partial charge in [0.1, 0.15) is 6.10 Å². The van der Waals surface area contributed by atoms with Crippen LogP contribution >= 0.6 is 23.2 Å². The average Bonchev–Trinajstić information content (AvgIpc) is 2.64. The predicted molar refractivity (Wildman–Crippen MR) is 102 cm³/mol. The summed E-state index contributed by atoms with van der Waals surface area (Å²) in [6.45, 7) is 3.24. The van der Waals surface area contributed by atoms with Crippen molar-refractivity contribution in [1.82, 2.24) is 4.98 Å². The number of aliphatic hydroxyl groups excluding tert-OH is 1. The van der Waals surface area contributed by atoms with Gasteiger partial charge in [-0.3, -0.25) is 0 Å². The number of aromatic nitrogens is 1. The van der Waals surface area contributed by atoms with Gasteiger partial charge in [0.05, 0.1) is 35.4 Å². The third kappa shape index (κ3) is 4.48. The Balaban J connectivity index is 1.74. The van der Waals surface area contributed by atoms with E-state index >= 15 is 0 Å². The van der Waals surface area contributed by atoms with Gasteiger partial charge in [-0.1, -0.05) is 29.3 Å². The minimum absolute atomic E-state index is 0.116. The van der Waals surface area contributed by atoms with Crippen LogP contribution in [0.1, 0.15) is 41.8 Å². The molecule has 2 aromatic rings. The smallest absolute Gasteiger partial charge is 0.213 e. The molecule has 0 saturated carbocycles. The van der Waals surface area contributed by atoms with Crippen LogP contribution in [0.15, 0.2) is 30.3 Å². The van der Waals surface area contributed by atoms with Gasteiger partial charge in [0, 0.05) is 30.2 Å². The molecular weight excluding hydrogens is 375 g/mol. The van der Waals surface area contributed by atoms with Crippen LogP contribution < -0.4 is 10.5 Å². The van der Waals surface area contributed by atoms with Crippen molar-refractivity contribution in [1.29, 1.82) is 0 Å². The molecule has 140 valence electrons. The summed E-state index contributed by atoms with van der Waals surface area (Å²) in [5.74, 6) is 0.549. The zero-order valence-corrected chi connectivity index (χ0v) is 16.0. The first-order valence-electron chi connectivity index (χ1n) is 8.56. The number of rotatable bonds is 5. The fourth-order valence-corrected chi connectivity index (χ4v) is 3.29. The number of halogens is 2. The Morgan fingerprint density at radius 1 is 1.19 bits per heavy atom. The normalized spacial score (nSPS) is 17.7. The Morgan fingerprint density at radius 2 is 1.92 bits per heavy atom. The summed E-state index contributed by atoms with van der Waals surface area (Å²) in [6, 6.07) is 8.02. The number of nitrogens with zero attached hydrogens (tertiary/aromatic N) is 1. The number of hydrogen-bond donors (Lipinski definition) is 2. The summed E-state index contributed by atoms with van der Waals surface area (Å²) in [4.78, 5) is 4.47. The molecule has 2 heterocycles. The van der Waals surface area contributed by atoms with Crippen molar-refractivity contribution in [3.63, 3.8) is 0 Å². The minimum atomic E-state index is -0.920. The van der Waals surface area contributed by atoms with Crippen LogP contribution in [-0.2, 0) is 4.74 Å². The molecule has 1 aromatic carbocycles. The van der Waals surface area contributed by atoms with E-state index in [1.54, 1.807) is 30.3 Å². The van der Waals surface area contributed by atoms with Gasteiger partial charge in [0.15, 0.2) is 0 Å². The van der Waals surface area contributed by atoms with Gasteiger partial charge >= 0.3 is 0 Å². The maximum atomic E-state index is 10.7. The Kier molecular flexibility index (Phi) is 6.37. The zero-order valence-electron chi connectivity index (χ0n) is 14.5. The molecule has 0 unspecified atom stereocenters. The second-order valence-electron chi connectivity index (χ2n) is 6.40. The molecule has 5 nitrogen and oxygen atoms in total. The quantitative estimate of drug-likeness (QED) is 0.798. The average molecular weight is 397 g/mol. The Morgan fingerprint density at radius 3 is 2.58 bits per heavy atom. The highest BCUT2D eigenvalue weighted by molar-refractivity contribution is 6.42. The fourth-order valence-electron chi connectivity index (χ4n) is 2.99. The molecule has 0 bridgehead atoms. The maximum Gasteiger partial charge on any atom is 0.213 e. The molecule has 1 aromatic heterocycles. The Hall–Kier alpha value is -1.37. The van der Waals surface area contributed by atoms with Crippen molar-refractivity contribution in [3.8, 4) is 5.88 Å². The highest BCUT2D eigenvalue weighted by Gasteiger charge is 2.23. The highest BCUT2D eigenvalue weighted by atomic mass is 35.5. The molecule has 26 heavy (non-hydrogen) atoms. The van der Waals surface area contributed by atoms with Crippen LogP contribution in [0.5, 0.6) is 5.88 Å². The van der Waals surface area contributed by atoms with Crippen molar-refractivity contribution < 1.29 is 14.6 Å². The van der Waals surface area contributed by atoms with Crippen LogP contribution in [0, 0.1) is 6.92 Å². The second kappa shape index (κ2) is 8.55. The van der Waals surface area contributed by atoms with Gasteiger partial charge in [0.2, 0.25) is 5.88 Å². The summed E-state index contributed by atoms with van der Waals surface area (Å²) in [7, 11) is 0. The molecule has 3 N–H and O–H groups in total. The summed E-state index contributed by atoms with van der Waals surface area (Å²) in [6.07, 6.45) is 0.905. The molecule has 1 aliphatic heterocycles. The first-order valence-corrected chi connectivity index (χ1v) is 9.32. The van der Waals surface area contributed by atoms with Crippen LogP contribution in [0.3, 0.4) is 0 Å². The lowest BCUT2D eigenvalue weighted by Gasteiger charge is -2.24. The first kappa shape index (κ1) is 19.4. The first-order chi connectivity index (χ1) is 12.5. The number of ether oxygens (including phenoxy) is 2. The summed E-state index contributed by atoms with van der Waals surface area (Å²) in [5.41, 5.74) is 8.26. The SMILES string of the molecule is Cc1nc(OC2CCOCC2)ccc1[C@@H](O)[C@@H](N)c1ccc(Cl)c(Cl)c1. The largest absolute Gasteiger partial charge is 0.474 e. The zero-order chi connectivity index (χ0) is 18.7. The van der Waals surface area contributed by atoms with E-state index in [4.69, 9.17) is 38.4 Å². The van der Waals surface area contributed by atoms with Gasteiger partial charge in [-0.25, -0.2) is 4.98 Å². The summed E-state index contributed by atoms with van der Waals surface area (Å²) < 4.78 is 11.2. The van der Waals surface area contributed by atoms with Crippen LogP contribution in [-0.4, -0.2) is 29.4 Å². The van der Waals surface area contributed by atoms with E-state index in [0.717, 1.165) is 12.8 Å². The third-order valence-electron chi connectivity index (χ3n) is 4.54. The summed E-state index contributed by atoms with van der Waals surface area (Å²) >= 11 is 12.0. The maximum absolute atomic E-state index is 10.7. The van der Waals surface area contributed by atoms with Crippen molar-refractivity contribution >= 4 is 23.2 Å². The molecule has 0 radical (unpaired) electrons. The van der Waals surface area contributed by atoms with E-state index in [1.807, 2.05) is 6.92 Å². The molecule has 0 aliphatic carbocycles. The molecular formula is C19H22Cl2N2O3. The molecule has 0 amide bonds. The van der Waals surface area contributed by atoms with Gasteiger partial charge in [-0.15, -0.1) is 0 Å². The molecule has 3 rings (SSSR count). The Bertz CT molecular complexity index is 766. The van der Waals surface area contributed by atoms with E-state index < -0.39 is 12.1 Å². The van der Waals surface area contributed by atoms with Gasteiger partial charge in [-0.05, 0) is 30.7 Å². The number of pyridine rings is 1. The lowest BCUT2D eigenvalue weighted by Crippen LogP contribution is -2.26. The lowest BCUT2D eigenvalue weighted by molar-refractivity contribution is 0.0236. The van der Waals surface area contributed by atoms with Crippen molar-refractivity contribution in [2.75, 3.05) is 13.2 Å². The number of nitrogens with two attached hydrogens (primary N) is 1. The standard InChI is InChI=1S/C19H22Cl2N2O3/c1-11-14(3-5-17(23-11)26-13-6-8-25-9-7-13)19(24)18(22)12-2-4-15(20)16(21)10-12/h2-5,10,13,18-19,24H,6-9,22H2,1H3/t18-,19+/m0/s1. The van der Waals surface area contributed by atoms with E-state index in [-0.39, 0.29) is 6.10 Å². The fraction of sp³-hybridized carbons (Fsp3) is 0.421. The van der Waals surface area contributed by atoms with Crippen LogP contribution in [0.2, 0.25) is 10.0 Å². The van der Waals surface area contributed by atoms with Crippen molar-refractivity contribution in [3.05, 3.63) is 57.2 Å². The monoisotopic (exact) mass is 396 g/mol. The topological polar surface area (TPSA) is 77.6 Å². The molecule has 1 aliphatic rings. The highest BCUT2D eigenvalue weighted by Crippen LogP contribution is 2.32. The van der Waals surface area contributed by atoms with Crippen molar-refractivity contribution in [2.24, 2.45) is 5.73 Å². The molecule has 0 spiro atoms. The van der Waals surface area contributed by atoms with E-state index in [0.29, 0.717) is 46.0 Å². The molecule has 1 saturated heterocycles. The van der Waals surface area contributed by atoms with E-state index in [2.05, 4.69) is 4.98 Å². The molecule has 1 fully saturated rings. The number of hydrogen-bond acceptors (Lipinski definition) is 5. The number of aryl methyl sites for hydroxylation is 1. The lowest BCUT2D eigenvalue weighted by atomic mass is 9.96. The van der Waals surface area contributed by atoms with Crippen molar-refractivity contribution in [2.45, 2.75) is 38.0 Å². The summed E-state index contributed by atoms with van der Waals surface area (Å²) in [5, 5.41) is 11.6. The second-order valence-corrected chi connectivity index (χ2v) is 7.21. The van der Waals surface area contributed by atoms with E-state index in [1.165, 1.54) is 0 Å². The van der Waals surface area contributed by atoms with Gasteiger partial charge < -0.3 is 20.3 Å². The Labute approximate surface area is 163 Å². The minimum Gasteiger partial charge on any atom is -0.474 e. The molecule has 7 heteroatoms.